The Morgan fingerprint density at radius 3 is 2.72 bits per heavy atom. The number of nitrogens with zero attached hydrogens (tertiary/aromatic N) is 4. The normalized spacial score (nSPS) is 12.3. The van der Waals surface area contributed by atoms with Crippen molar-refractivity contribution in [2.45, 2.75) is 12.3 Å². The van der Waals surface area contributed by atoms with Crippen LogP contribution >= 0.6 is 0 Å². The van der Waals surface area contributed by atoms with Crippen LogP contribution in [0.5, 0.6) is 0 Å². The van der Waals surface area contributed by atoms with Crippen molar-refractivity contribution >= 4 is 5.57 Å². The Balaban J connectivity index is 2.34. The van der Waals surface area contributed by atoms with E-state index in [1.54, 1.807) is 6.33 Å². The van der Waals surface area contributed by atoms with Gasteiger partial charge in [-0.05, 0) is 12.0 Å². The Morgan fingerprint density at radius 2 is 2.22 bits per heavy atom. The third-order valence-electron chi connectivity index (χ3n) is 3.05. The van der Waals surface area contributed by atoms with E-state index in [0.29, 0.717) is 0 Å². The summed E-state index contributed by atoms with van der Waals surface area (Å²) >= 11 is 0. The number of hydrogen-bond acceptors (Lipinski definition) is 2. The molecule has 18 heavy (non-hydrogen) atoms. The first-order valence-corrected chi connectivity index (χ1v) is 5.87. The predicted octanol–water partition coefficient (Wildman–Crippen LogP) is 2.53. The van der Waals surface area contributed by atoms with Gasteiger partial charge in [0.25, 0.3) is 0 Å². The van der Waals surface area contributed by atoms with Crippen molar-refractivity contribution in [1.82, 2.24) is 19.1 Å². The minimum Gasteiger partial charge on any atom is -0.340 e. The second-order valence-corrected chi connectivity index (χ2v) is 4.46. The van der Waals surface area contributed by atoms with E-state index in [1.165, 1.54) is 0 Å². The third kappa shape index (κ3) is 2.27. The summed E-state index contributed by atoms with van der Waals surface area (Å²) in [5.74, 6) is 0.152. The van der Waals surface area contributed by atoms with Crippen molar-refractivity contribution in [3.63, 3.8) is 0 Å². The minimum atomic E-state index is 0.152. The highest BCUT2D eigenvalue weighted by atomic mass is 15.0. The lowest BCUT2D eigenvalue weighted by atomic mass is 9.92. The Labute approximate surface area is 107 Å². The van der Waals surface area contributed by atoms with Gasteiger partial charge in [0.1, 0.15) is 0 Å². The van der Waals surface area contributed by atoms with Crippen LogP contribution in [-0.2, 0) is 14.1 Å². The molecule has 0 spiro atoms. The first kappa shape index (κ1) is 12.4. The number of aromatic nitrogens is 4. The Bertz CT molecular complexity index is 562. The molecule has 0 aliphatic heterocycles. The molecule has 1 unspecified atom stereocenters. The molecular weight excluding hydrogens is 224 g/mol. The molecule has 94 valence electrons. The van der Waals surface area contributed by atoms with Crippen LogP contribution in [0.25, 0.3) is 5.57 Å². The van der Waals surface area contributed by atoms with E-state index in [9.17, 15) is 0 Å². The summed E-state index contributed by atoms with van der Waals surface area (Å²) in [6.45, 7) is 8.03. The number of rotatable bonds is 5. The molecule has 0 aliphatic rings. The van der Waals surface area contributed by atoms with Gasteiger partial charge in [-0.2, -0.15) is 0 Å². The number of aryl methyl sites for hydroxylation is 2. The fourth-order valence-corrected chi connectivity index (χ4v) is 2.07. The van der Waals surface area contributed by atoms with Gasteiger partial charge in [0.05, 0.1) is 30.2 Å². The highest BCUT2D eigenvalue weighted by Crippen LogP contribution is 2.32. The summed E-state index contributed by atoms with van der Waals surface area (Å²) < 4.78 is 3.92. The van der Waals surface area contributed by atoms with Crippen LogP contribution in [0.15, 0.2) is 44.3 Å². The van der Waals surface area contributed by atoms with Gasteiger partial charge in [0, 0.05) is 26.2 Å². The topological polar surface area (TPSA) is 35.6 Å². The first-order valence-electron chi connectivity index (χ1n) is 5.87. The lowest BCUT2D eigenvalue weighted by Gasteiger charge is -2.16. The number of hydrogen-bond donors (Lipinski definition) is 0. The largest absolute Gasteiger partial charge is 0.340 e. The summed E-state index contributed by atoms with van der Waals surface area (Å²) in [7, 11) is 3.94. The minimum absolute atomic E-state index is 0.152. The van der Waals surface area contributed by atoms with Crippen LogP contribution in [0.3, 0.4) is 0 Å². The molecule has 2 rings (SSSR count). The molecule has 0 aromatic carbocycles. The van der Waals surface area contributed by atoms with Gasteiger partial charge in [-0.25, -0.2) is 9.97 Å². The van der Waals surface area contributed by atoms with Crippen molar-refractivity contribution in [1.29, 1.82) is 0 Å². The van der Waals surface area contributed by atoms with Crippen molar-refractivity contribution in [2.24, 2.45) is 14.1 Å². The molecular formula is C14H18N4. The monoisotopic (exact) mass is 242 g/mol. The zero-order chi connectivity index (χ0) is 13.1. The fraction of sp³-hybridized carbons (Fsp3) is 0.286. The van der Waals surface area contributed by atoms with Crippen molar-refractivity contribution in [3.8, 4) is 0 Å². The Morgan fingerprint density at radius 1 is 1.44 bits per heavy atom. The van der Waals surface area contributed by atoms with Crippen molar-refractivity contribution < 1.29 is 0 Å². The molecule has 1 atom stereocenters. The fourth-order valence-electron chi connectivity index (χ4n) is 2.07. The smallest absolute Gasteiger partial charge is 0.0948 e. The number of allylic oxidation sites excluding steroid dienone is 2. The lowest BCUT2D eigenvalue weighted by molar-refractivity contribution is 0.820. The third-order valence-corrected chi connectivity index (χ3v) is 3.05. The quantitative estimate of drug-likeness (QED) is 0.755. The molecule has 0 saturated heterocycles. The van der Waals surface area contributed by atoms with E-state index < -0.39 is 0 Å². The highest BCUT2D eigenvalue weighted by Gasteiger charge is 2.19. The molecule has 4 heteroatoms. The molecule has 2 aromatic rings. The molecule has 0 radical (unpaired) electrons. The van der Waals surface area contributed by atoms with Crippen LogP contribution in [0, 0.1) is 0 Å². The molecule has 2 aromatic heterocycles. The summed E-state index contributed by atoms with van der Waals surface area (Å²) in [6, 6.07) is 0. The molecule has 2 heterocycles. The van der Waals surface area contributed by atoms with E-state index in [2.05, 4.69) is 23.1 Å². The summed E-state index contributed by atoms with van der Waals surface area (Å²) in [6.07, 6.45) is 10.2. The molecule has 0 aliphatic carbocycles. The van der Waals surface area contributed by atoms with E-state index in [4.69, 9.17) is 0 Å². The Kier molecular flexibility index (Phi) is 3.46. The van der Waals surface area contributed by atoms with Gasteiger partial charge in [-0.15, -0.1) is 6.58 Å². The maximum Gasteiger partial charge on any atom is 0.0948 e. The van der Waals surface area contributed by atoms with Crippen LogP contribution in [0.2, 0.25) is 0 Å². The van der Waals surface area contributed by atoms with Crippen LogP contribution in [0.4, 0.5) is 0 Å². The Hall–Kier alpha value is -2.10. The maximum absolute atomic E-state index is 4.42. The van der Waals surface area contributed by atoms with Crippen LogP contribution in [-0.4, -0.2) is 19.1 Å². The van der Waals surface area contributed by atoms with Gasteiger partial charge in [0.15, 0.2) is 0 Å². The molecule has 0 saturated carbocycles. The summed E-state index contributed by atoms with van der Waals surface area (Å²) in [5.41, 5.74) is 3.07. The second kappa shape index (κ2) is 5.04. The lowest BCUT2D eigenvalue weighted by Crippen LogP contribution is -2.04. The van der Waals surface area contributed by atoms with Gasteiger partial charge in [0.2, 0.25) is 0 Å². The van der Waals surface area contributed by atoms with Crippen LogP contribution in [0.1, 0.15) is 23.7 Å². The summed E-state index contributed by atoms with van der Waals surface area (Å²) in [4.78, 5) is 8.55. The SMILES string of the molecule is C=CCC(C(=C)c1cncn1C)c1cn(C)cn1. The van der Waals surface area contributed by atoms with Gasteiger partial charge >= 0.3 is 0 Å². The number of imidazole rings is 2. The van der Waals surface area contributed by atoms with Gasteiger partial charge < -0.3 is 9.13 Å². The molecule has 0 amide bonds. The van der Waals surface area contributed by atoms with Gasteiger partial charge in [-0.3, -0.25) is 0 Å². The van der Waals surface area contributed by atoms with E-state index in [-0.39, 0.29) is 5.92 Å². The van der Waals surface area contributed by atoms with Crippen molar-refractivity contribution in [3.05, 3.63) is 55.7 Å². The highest BCUT2D eigenvalue weighted by molar-refractivity contribution is 5.66. The zero-order valence-electron chi connectivity index (χ0n) is 10.9. The first-order chi connectivity index (χ1) is 8.63. The predicted molar refractivity (Wildman–Crippen MR) is 73.0 cm³/mol. The zero-order valence-corrected chi connectivity index (χ0v) is 10.9. The van der Waals surface area contributed by atoms with E-state index in [0.717, 1.165) is 23.4 Å². The molecule has 0 N–H and O–H groups in total. The van der Waals surface area contributed by atoms with Crippen molar-refractivity contribution in [2.75, 3.05) is 0 Å². The molecule has 4 nitrogen and oxygen atoms in total. The second-order valence-electron chi connectivity index (χ2n) is 4.46. The van der Waals surface area contributed by atoms with E-state index in [1.807, 2.05) is 48.0 Å². The molecule has 0 fully saturated rings. The molecule has 0 bridgehead atoms. The standard InChI is InChI=1S/C14H18N4/c1-5-6-12(13-8-17(3)10-16-13)11(2)14-7-15-9-18(14)4/h5,7-10,12H,1-2,6H2,3-4H3. The summed E-state index contributed by atoms with van der Waals surface area (Å²) in [5, 5.41) is 0. The average Bonchev–Trinajstić information content (AvgIpc) is 2.94. The van der Waals surface area contributed by atoms with E-state index >= 15 is 0 Å². The average molecular weight is 242 g/mol. The van der Waals surface area contributed by atoms with Crippen LogP contribution < -0.4 is 0 Å². The maximum atomic E-state index is 4.42. The van der Waals surface area contributed by atoms with Gasteiger partial charge in [-0.1, -0.05) is 12.7 Å².